The molecule has 0 aromatic carbocycles. The number of hydrogen-bond donors (Lipinski definition) is 2. The van der Waals surface area contributed by atoms with E-state index in [2.05, 4.69) is 20.8 Å². The van der Waals surface area contributed by atoms with Gasteiger partial charge in [-0.25, -0.2) is 8.42 Å². The minimum atomic E-state index is -3.18. The number of piperazine rings is 1. The molecular weight excluding hydrogens is 248 g/mol. The maximum Gasteiger partial charge on any atom is 0.245 e. The summed E-state index contributed by atoms with van der Waals surface area (Å²) in [5.74, 6) is 0.0530. The van der Waals surface area contributed by atoms with Gasteiger partial charge in [-0.05, 0) is 0 Å². The summed E-state index contributed by atoms with van der Waals surface area (Å²) >= 11 is 0. The number of nitrogens with one attached hydrogen (secondary N) is 2. The fraction of sp³-hybridized carbons (Fsp3) is 0.625. The maximum absolute atomic E-state index is 11.0. The van der Waals surface area contributed by atoms with E-state index in [4.69, 9.17) is 4.52 Å². The number of carbonyl (C=O) groups excluding carboxylic acids is 1. The molecule has 1 aromatic heterocycles. The average Bonchev–Trinajstić information content (AvgIpc) is 2.64. The molecule has 0 saturated carbocycles. The molecule has 2 rings (SSSR count). The fourth-order valence-corrected chi connectivity index (χ4v) is 2.03. The molecule has 2 N–H and O–H groups in total. The van der Waals surface area contributed by atoms with Crippen LogP contribution in [0.3, 0.4) is 0 Å². The molecular formula is C8H12N4O4S. The highest BCUT2D eigenvalue weighted by Crippen LogP contribution is 2.12. The summed E-state index contributed by atoms with van der Waals surface area (Å²) in [7, 11) is -3.18. The third kappa shape index (κ3) is 3.24. The molecule has 1 amide bonds. The Labute approximate surface area is 97.7 Å². The third-order valence-corrected chi connectivity index (χ3v) is 2.97. The van der Waals surface area contributed by atoms with Gasteiger partial charge >= 0.3 is 0 Å². The van der Waals surface area contributed by atoms with Gasteiger partial charge in [0, 0.05) is 12.8 Å². The maximum atomic E-state index is 11.0. The van der Waals surface area contributed by atoms with Crippen molar-refractivity contribution in [3.8, 4) is 0 Å². The Morgan fingerprint density at radius 3 is 2.88 bits per heavy atom. The van der Waals surface area contributed by atoms with Gasteiger partial charge < -0.3 is 9.84 Å². The molecule has 1 aromatic rings. The molecule has 94 valence electrons. The highest BCUT2D eigenvalue weighted by molar-refractivity contribution is 7.89. The Kier molecular flexibility index (Phi) is 3.11. The lowest BCUT2D eigenvalue weighted by atomic mass is 10.2. The van der Waals surface area contributed by atoms with Crippen LogP contribution in [0.2, 0.25) is 0 Å². The van der Waals surface area contributed by atoms with Crippen molar-refractivity contribution in [1.29, 1.82) is 0 Å². The summed E-state index contributed by atoms with van der Waals surface area (Å²) in [5.41, 5.74) is 0. The molecule has 8 nitrogen and oxygen atoms in total. The van der Waals surface area contributed by atoms with Crippen molar-refractivity contribution in [2.75, 3.05) is 19.3 Å². The molecule has 1 unspecified atom stereocenters. The van der Waals surface area contributed by atoms with E-state index in [0.29, 0.717) is 6.54 Å². The van der Waals surface area contributed by atoms with E-state index in [1.54, 1.807) is 0 Å². The lowest BCUT2D eigenvalue weighted by Crippen LogP contribution is -2.47. The van der Waals surface area contributed by atoms with Gasteiger partial charge in [0.2, 0.25) is 11.8 Å². The zero-order valence-electron chi connectivity index (χ0n) is 9.13. The topological polar surface area (TPSA) is 114 Å². The Morgan fingerprint density at radius 2 is 2.29 bits per heavy atom. The van der Waals surface area contributed by atoms with E-state index >= 15 is 0 Å². The monoisotopic (exact) mass is 260 g/mol. The summed E-state index contributed by atoms with van der Waals surface area (Å²) in [6.45, 7) is 0.522. The predicted octanol–water partition coefficient (Wildman–Crippen LogP) is -1.63. The SMILES string of the molecule is CS(=O)(=O)Cc1noc(C2CNC(=O)CN2)n1. The van der Waals surface area contributed by atoms with E-state index in [-0.39, 0.29) is 36.0 Å². The van der Waals surface area contributed by atoms with Crippen molar-refractivity contribution in [2.24, 2.45) is 0 Å². The van der Waals surface area contributed by atoms with Crippen LogP contribution in [0.25, 0.3) is 0 Å². The number of nitrogens with zero attached hydrogens (tertiary/aromatic N) is 2. The highest BCUT2D eigenvalue weighted by atomic mass is 32.2. The molecule has 2 heterocycles. The molecule has 0 aliphatic carbocycles. The Hall–Kier alpha value is -1.48. The van der Waals surface area contributed by atoms with Crippen LogP contribution in [-0.2, 0) is 20.4 Å². The summed E-state index contributed by atoms with van der Waals surface area (Å²) in [6.07, 6.45) is 1.10. The van der Waals surface area contributed by atoms with Gasteiger partial charge in [-0.1, -0.05) is 5.16 Å². The third-order valence-electron chi connectivity index (χ3n) is 2.19. The molecule has 1 aliphatic heterocycles. The van der Waals surface area contributed by atoms with Crippen LogP contribution in [0.1, 0.15) is 17.8 Å². The van der Waals surface area contributed by atoms with Crippen molar-refractivity contribution in [1.82, 2.24) is 20.8 Å². The van der Waals surface area contributed by atoms with Gasteiger partial charge in [0.05, 0.1) is 6.54 Å². The average molecular weight is 260 g/mol. The first kappa shape index (κ1) is 12.0. The normalized spacial score (nSPS) is 21.2. The lowest BCUT2D eigenvalue weighted by Gasteiger charge is -2.20. The van der Waals surface area contributed by atoms with Crippen molar-refractivity contribution in [3.63, 3.8) is 0 Å². The summed E-state index contributed by atoms with van der Waals surface area (Å²) < 4.78 is 27.0. The first-order valence-corrected chi connectivity index (χ1v) is 7.00. The number of carbonyl (C=O) groups is 1. The van der Waals surface area contributed by atoms with Crippen molar-refractivity contribution >= 4 is 15.7 Å². The van der Waals surface area contributed by atoms with Gasteiger partial charge in [0.25, 0.3) is 0 Å². The standard InChI is InChI=1S/C8H12N4O4S/c1-17(14,15)4-6-11-8(16-12-6)5-2-10-7(13)3-9-5/h5,9H,2-4H2,1H3,(H,10,13). The number of amides is 1. The van der Waals surface area contributed by atoms with E-state index in [1.807, 2.05) is 0 Å². The van der Waals surface area contributed by atoms with E-state index in [1.165, 1.54) is 0 Å². The molecule has 1 atom stereocenters. The first-order valence-electron chi connectivity index (χ1n) is 4.94. The van der Waals surface area contributed by atoms with Gasteiger partial charge in [-0.2, -0.15) is 4.98 Å². The summed E-state index contributed by atoms with van der Waals surface area (Å²) in [5, 5.41) is 9.12. The van der Waals surface area contributed by atoms with Gasteiger partial charge in [0.1, 0.15) is 11.8 Å². The smallest absolute Gasteiger partial charge is 0.245 e. The van der Waals surface area contributed by atoms with Gasteiger partial charge in [-0.15, -0.1) is 0 Å². The largest absolute Gasteiger partial charge is 0.353 e. The molecule has 9 heteroatoms. The summed E-state index contributed by atoms with van der Waals surface area (Å²) in [6, 6.07) is -0.270. The Bertz CT molecular complexity index is 513. The van der Waals surface area contributed by atoms with Crippen molar-refractivity contribution in [2.45, 2.75) is 11.8 Å². The first-order chi connectivity index (χ1) is 7.94. The number of rotatable bonds is 3. The zero-order chi connectivity index (χ0) is 12.5. The Morgan fingerprint density at radius 1 is 1.53 bits per heavy atom. The molecule has 1 fully saturated rings. The van der Waals surface area contributed by atoms with Gasteiger partial charge in [0.15, 0.2) is 15.7 Å². The summed E-state index contributed by atoms with van der Waals surface area (Å²) in [4.78, 5) is 14.9. The van der Waals surface area contributed by atoms with Crippen LogP contribution >= 0.6 is 0 Å². The highest BCUT2D eigenvalue weighted by Gasteiger charge is 2.24. The Balaban J connectivity index is 2.05. The van der Waals surface area contributed by atoms with E-state index < -0.39 is 9.84 Å². The van der Waals surface area contributed by atoms with E-state index in [9.17, 15) is 13.2 Å². The van der Waals surface area contributed by atoms with Gasteiger partial charge in [-0.3, -0.25) is 10.1 Å². The molecule has 0 radical (unpaired) electrons. The lowest BCUT2D eigenvalue weighted by molar-refractivity contribution is -0.121. The van der Waals surface area contributed by atoms with Crippen LogP contribution in [0.5, 0.6) is 0 Å². The minimum absolute atomic E-state index is 0.0999. The zero-order valence-corrected chi connectivity index (χ0v) is 9.95. The van der Waals surface area contributed by atoms with Crippen LogP contribution in [0.15, 0.2) is 4.52 Å². The predicted molar refractivity (Wildman–Crippen MR) is 56.6 cm³/mol. The minimum Gasteiger partial charge on any atom is -0.353 e. The second-order valence-electron chi connectivity index (χ2n) is 3.86. The molecule has 0 spiro atoms. The second kappa shape index (κ2) is 4.41. The number of hydrogen-bond acceptors (Lipinski definition) is 7. The van der Waals surface area contributed by atoms with Crippen molar-refractivity contribution in [3.05, 3.63) is 11.7 Å². The van der Waals surface area contributed by atoms with Crippen molar-refractivity contribution < 1.29 is 17.7 Å². The van der Waals surface area contributed by atoms with Crippen LogP contribution in [0, 0.1) is 0 Å². The van der Waals surface area contributed by atoms with Crippen LogP contribution in [-0.4, -0.2) is 43.8 Å². The molecule has 17 heavy (non-hydrogen) atoms. The number of sulfone groups is 1. The number of aromatic nitrogens is 2. The molecule has 1 aliphatic rings. The van der Waals surface area contributed by atoms with Crippen LogP contribution < -0.4 is 10.6 Å². The quantitative estimate of drug-likeness (QED) is 0.670. The van der Waals surface area contributed by atoms with Crippen LogP contribution in [0.4, 0.5) is 0 Å². The fourth-order valence-electron chi connectivity index (χ4n) is 1.44. The van der Waals surface area contributed by atoms with E-state index in [0.717, 1.165) is 6.26 Å². The second-order valence-corrected chi connectivity index (χ2v) is 6.00. The molecule has 1 saturated heterocycles. The molecule has 0 bridgehead atoms.